The molecule has 2 N–H and O–H groups in total. The highest BCUT2D eigenvalue weighted by Crippen LogP contribution is 2.22. The van der Waals surface area contributed by atoms with Crippen LogP contribution in [0.1, 0.15) is 39.0 Å². The van der Waals surface area contributed by atoms with E-state index in [-0.39, 0.29) is 17.6 Å². The van der Waals surface area contributed by atoms with Gasteiger partial charge in [0.25, 0.3) is 5.91 Å². The van der Waals surface area contributed by atoms with Gasteiger partial charge in [-0.1, -0.05) is 0 Å². The lowest BCUT2D eigenvalue weighted by Gasteiger charge is -2.11. The average molecular weight is 251 g/mol. The third-order valence-electron chi connectivity index (χ3n) is 2.34. The quantitative estimate of drug-likeness (QED) is 0.863. The third kappa shape index (κ3) is 2.50. The second-order valence-electron chi connectivity index (χ2n) is 3.72. The fraction of sp³-hybridized carbons (Fsp3) is 0.400. The van der Waals surface area contributed by atoms with Crippen LogP contribution in [0.2, 0.25) is 0 Å². The van der Waals surface area contributed by atoms with Crippen LogP contribution < -0.4 is 5.32 Å². The zero-order valence-corrected chi connectivity index (χ0v) is 10.6. The Hall–Kier alpha value is -1.76. The maximum absolute atomic E-state index is 11.7. The van der Waals surface area contributed by atoms with E-state index in [1.54, 1.807) is 11.3 Å². The average Bonchev–Trinajstić information content (AvgIpc) is 2.87. The van der Waals surface area contributed by atoms with Crippen LogP contribution >= 0.6 is 11.3 Å². The molecular weight excluding hydrogens is 238 g/mol. The largest absolute Gasteiger partial charge is 0.342 e. The highest BCUT2D eigenvalue weighted by molar-refractivity contribution is 7.11. The lowest BCUT2D eigenvalue weighted by atomic mass is 10.2. The number of nitrogens with zero attached hydrogens (tertiary/aromatic N) is 3. The van der Waals surface area contributed by atoms with Crippen LogP contribution in [0.4, 0.5) is 0 Å². The minimum atomic E-state index is -0.253. The van der Waals surface area contributed by atoms with Crippen LogP contribution in [-0.4, -0.2) is 26.3 Å². The first-order valence-corrected chi connectivity index (χ1v) is 6.00. The fourth-order valence-corrected chi connectivity index (χ4v) is 2.51. The summed E-state index contributed by atoms with van der Waals surface area (Å²) in [6, 6.07) is -0.135. The molecule has 0 saturated heterocycles. The number of amides is 1. The van der Waals surface area contributed by atoms with Crippen LogP contribution in [0.5, 0.6) is 0 Å². The molecule has 2 heterocycles. The van der Waals surface area contributed by atoms with Crippen LogP contribution in [0.3, 0.4) is 0 Å². The predicted octanol–water partition coefficient (Wildman–Crippen LogP) is 1.37. The van der Waals surface area contributed by atoms with E-state index in [9.17, 15) is 4.79 Å². The van der Waals surface area contributed by atoms with Crippen molar-refractivity contribution in [2.45, 2.75) is 26.8 Å². The Morgan fingerprint density at radius 1 is 1.53 bits per heavy atom. The molecule has 2 aromatic rings. The van der Waals surface area contributed by atoms with Crippen molar-refractivity contribution in [3.63, 3.8) is 0 Å². The Morgan fingerprint density at radius 3 is 2.82 bits per heavy atom. The minimum Gasteiger partial charge on any atom is -0.342 e. The molecule has 2 aromatic heterocycles. The van der Waals surface area contributed by atoms with Gasteiger partial charge < -0.3 is 5.32 Å². The van der Waals surface area contributed by atoms with E-state index in [0.717, 1.165) is 15.6 Å². The van der Waals surface area contributed by atoms with Gasteiger partial charge in [0.1, 0.15) is 0 Å². The Balaban J connectivity index is 2.09. The molecule has 0 radical (unpaired) electrons. The van der Waals surface area contributed by atoms with Crippen LogP contribution in [0.15, 0.2) is 6.20 Å². The molecule has 17 heavy (non-hydrogen) atoms. The van der Waals surface area contributed by atoms with Crippen LogP contribution in [-0.2, 0) is 0 Å². The molecule has 0 saturated carbocycles. The summed E-state index contributed by atoms with van der Waals surface area (Å²) in [7, 11) is 0. The van der Waals surface area contributed by atoms with Gasteiger partial charge in [-0.15, -0.1) is 11.3 Å². The summed E-state index contributed by atoms with van der Waals surface area (Å²) in [6.45, 7) is 5.85. The van der Waals surface area contributed by atoms with Crippen LogP contribution in [0, 0.1) is 13.8 Å². The second kappa shape index (κ2) is 4.62. The zero-order valence-electron chi connectivity index (χ0n) is 9.81. The van der Waals surface area contributed by atoms with E-state index in [2.05, 4.69) is 25.7 Å². The summed E-state index contributed by atoms with van der Waals surface area (Å²) >= 11 is 1.63. The van der Waals surface area contributed by atoms with Gasteiger partial charge in [0.15, 0.2) is 5.69 Å². The number of carbonyl (C=O) groups excluding carboxylic acids is 1. The smallest absolute Gasteiger partial charge is 0.273 e. The van der Waals surface area contributed by atoms with Crippen molar-refractivity contribution in [3.05, 3.63) is 27.5 Å². The first-order valence-electron chi connectivity index (χ1n) is 5.18. The molecule has 0 aromatic carbocycles. The third-order valence-corrected chi connectivity index (χ3v) is 3.25. The highest BCUT2D eigenvalue weighted by Gasteiger charge is 2.17. The maximum atomic E-state index is 11.7. The van der Waals surface area contributed by atoms with Gasteiger partial charge >= 0.3 is 0 Å². The Kier molecular flexibility index (Phi) is 3.19. The van der Waals surface area contributed by atoms with Crippen molar-refractivity contribution in [1.29, 1.82) is 0 Å². The Morgan fingerprint density at radius 2 is 2.29 bits per heavy atom. The molecule has 0 bridgehead atoms. The Bertz CT molecular complexity index is 519. The predicted molar refractivity (Wildman–Crippen MR) is 63.9 cm³/mol. The molecule has 7 heteroatoms. The molecule has 1 atom stereocenters. The van der Waals surface area contributed by atoms with Crippen molar-refractivity contribution < 1.29 is 4.79 Å². The van der Waals surface area contributed by atoms with Gasteiger partial charge in [-0.2, -0.15) is 15.4 Å². The summed E-state index contributed by atoms with van der Waals surface area (Å²) in [5.74, 6) is -0.253. The van der Waals surface area contributed by atoms with E-state index in [0.29, 0.717) is 0 Å². The number of aromatic amines is 1. The van der Waals surface area contributed by atoms with Crippen molar-refractivity contribution in [3.8, 4) is 0 Å². The number of H-pyrrole nitrogens is 1. The molecule has 0 aliphatic heterocycles. The van der Waals surface area contributed by atoms with E-state index in [1.165, 1.54) is 6.20 Å². The minimum absolute atomic E-state index is 0.135. The fourth-order valence-electron chi connectivity index (χ4n) is 1.60. The second-order valence-corrected chi connectivity index (χ2v) is 5.13. The maximum Gasteiger partial charge on any atom is 0.273 e. The van der Waals surface area contributed by atoms with Gasteiger partial charge in [-0.05, 0) is 20.8 Å². The number of aromatic nitrogens is 4. The first kappa shape index (κ1) is 11.7. The Labute approximate surface area is 102 Å². The SMILES string of the molecule is Cc1nc([C@H](C)NC(=O)c2cn[nH]n2)c(C)s1. The molecule has 0 spiro atoms. The lowest BCUT2D eigenvalue weighted by Crippen LogP contribution is -2.27. The molecule has 90 valence electrons. The number of hydrogen-bond acceptors (Lipinski definition) is 5. The number of hydrogen-bond donors (Lipinski definition) is 2. The topological polar surface area (TPSA) is 83.6 Å². The van der Waals surface area contributed by atoms with Crippen molar-refractivity contribution in [2.24, 2.45) is 0 Å². The standard InChI is InChI=1S/C10H13N5OS/c1-5(9-6(2)17-7(3)13-9)12-10(16)8-4-11-15-14-8/h4-5H,1-3H3,(H,12,16)(H,11,14,15)/t5-/m0/s1. The van der Waals surface area contributed by atoms with Gasteiger partial charge in [-0.3, -0.25) is 4.79 Å². The van der Waals surface area contributed by atoms with Crippen molar-refractivity contribution in [2.75, 3.05) is 0 Å². The van der Waals surface area contributed by atoms with Gasteiger partial charge in [0.05, 0.1) is 22.9 Å². The van der Waals surface area contributed by atoms with Crippen molar-refractivity contribution in [1.82, 2.24) is 25.7 Å². The number of rotatable bonds is 3. The highest BCUT2D eigenvalue weighted by atomic mass is 32.1. The molecule has 0 fully saturated rings. The first-order chi connectivity index (χ1) is 8.08. The van der Waals surface area contributed by atoms with E-state index >= 15 is 0 Å². The van der Waals surface area contributed by atoms with Crippen LogP contribution in [0.25, 0.3) is 0 Å². The molecule has 6 nitrogen and oxygen atoms in total. The normalized spacial score (nSPS) is 12.4. The summed E-state index contributed by atoms with van der Waals surface area (Å²) in [6.07, 6.45) is 1.39. The number of aryl methyl sites for hydroxylation is 2. The molecule has 0 aliphatic carbocycles. The summed E-state index contributed by atoms with van der Waals surface area (Å²) in [5.41, 5.74) is 1.19. The zero-order chi connectivity index (χ0) is 12.4. The van der Waals surface area contributed by atoms with Gasteiger partial charge in [-0.25, -0.2) is 4.98 Å². The van der Waals surface area contributed by atoms with E-state index < -0.39 is 0 Å². The molecule has 0 aliphatic rings. The van der Waals surface area contributed by atoms with Crippen molar-refractivity contribution >= 4 is 17.2 Å². The van der Waals surface area contributed by atoms with E-state index in [4.69, 9.17) is 0 Å². The molecular formula is C10H13N5OS. The molecule has 1 amide bonds. The molecule has 2 rings (SSSR count). The monoisotopic (exact) mass is 251 g/mol. The van der Waals surface area contributed by atoms with Gasteiger partial charge in [0.2, 0.25) is 0 Å². The number of nitrogens with one attached hydrogen (secondary N) is 2. The molecule has 0 unspecified atom stereocenters. The number of thiazole rings is 1. The summed E-state index contributed by atoms with van der Waals surface area (Å²) in [4.78, 5) is 17.3. The summed E-state index contributed by atoms with van der Waals surface area (Å²) < 4.78 is 0. The van der Waals surface area contributed by atoms with E-state index in [1.807, 2.05) is 20.8 Å². The number of carbonyl (C=O) groups is 1. The lowest BCUT2D eigenvalue weighted by molar-refractivity contribution is 0.0934. The van der Waals surface area contributed by atoms with Gasteiger partial charge in [0, 0.05) is 4.88 Å². The summed E-state index contributed by atoms with van der Waals surface area (Å²) in [5, 5.41) is 13.6.